The molecule has 5 heteroatoms. The van der Waals surface area contributed by atoms with Gasteiger partial charge in [0.15, 0.2) is 0 Å². The van der Waals surface area contributed by atoms with Crippen LogP contribution in [0.2, 0.25) is 0 Å². The molecule has 0 spiro atoms. The summed E-state index contributed by atoms with van der Waals surface area (Å²) >= 11 is 0. The summed E-state index contributed by atoms with van der Waals surface area (Å²) < 4.78 is 9.45. The lowest BCUT2D eigenvalue weighted by atomic mass is 9.95. The lowest BCUT2D eigenvalue weighted by Gasteiger charge is -2.32. The number of para-hydroxylation sites is 2. The number of hydrogen-bond acceptors (Lipinski definition) is 4. The zero-order valence-corrected chi connectivity index (χ0v) is 32.6. The molecule has 60 heavy (non-hydrogen) atoms. The van der Waals surface area contributed by atoms with E-state index in [4.69, 9.17) is 9.41 Å². The highest BCUT2D eigenvalue weighted by molar-refractivity contribution is 6.18. The van der Waals surface area contributed by atoms with Gasteiger partial charge in [-0.3, -0.25) is 5.32 Å². The van der Waals surface area contributed by atoms with E-state index >= 15 is 0 Å². The van der Waals surface area contributed by atoms with Crippen LogP contribution in [-0.4, -0.2) is 10.4 Å². The zero-order chi connectivity index (χ0) is 39.6. The Kier molecular flexibility index (Phi) is 8.00. The van der Waals surface area contributed by atoms with Crippen LogP contribution in [-0.2, 0) is 0 Å². The number of rotatable bonds is 6. The summed E-state index contributed by atoms with van der Waals surface area (Å²) in [5.74, 6) is 0.836. The molecule has 3 heterocycles. The highest BCUT2D eigenvalue weighted by Crippen LogP contribution is 2.43. The predicted octanol–water partition coefficient (Wildman–Crippen LogP) is 13.5. The van der Waals surface area contributed by atoms with Gasteiger partial charge in [-0.25, -0.2) is 4.99 Å². The molecular weight excluding hydrogens is 733 g/mol. The van der Waals surface area contributed by atoms with E-state index < -0.39 is 0 Å². The van der Waals surface area contributed by atoms with Crippen molar-refractivity contribution in [3.05, 3.63) is 223 Å². The Morgan fingerprint density at radius 1 is 0.450 bits per heavy atom. The van der Waals surface area contributed by atoms with Crippen LogP contribution in [0.4, 0.5) is 0 Å². The van der Waals surface area contributed by atoms with Crippen LogP contribution in [0, 0.1) is 0 Å². The molecule has 0 saturated heterocycles. The molecule has 2 aromatic heterocycles. The van der Waals surface area contributed by atoms with E-state index in [-0.39, 0.29) is 12.3 Å². The third-order valence-corrected chi connectivity index (χ3v) is 12.1. The molecule has 0 bridgehead atoms. The molecule has 0 amide bonds. The Bertz CT molecular complexity index is 3370. The molecule has 2 N–H and O–H groups in total. The second-order valence-electron chi connectivity index (χ2n) is 15.6. The number of nitrogens with zero attached hydrogens (tertiary/aromatic N) is 2. The highest BCUT2D eigenvalue weighted by atomic mass is 16.3. The molecule has 2 atom stereocenters. The maximum atomic E-state index is 7.09. The van der Waals surface area contributed by atoms with E-state index in [0.717, 1.165) is 72.1 Å². The fourth-order valence-corrected chi connectivity index (χ4v) is 9.21. The van der Waals surface area contributed by atoms with Crippen molar-refractivity contribution in [3.63, 3.8) is 0 Å². The van der Waals surface area contributed by atoms with Crippen LogP contribution in [0.1, 0.15) is 29.0 Å². The molecule has 12 rings (SSSR count). The normalized spacial score (nSPS) is 15.5. The van der Waals surface area contributed by atoms with Crippen molar-refractivity contribution >= 4 is 60.4 Å². The maximum Gasteiger partial charge on any atom is 0.143 e. The van der Waals surface area contributed by atoms with Crippen LogP contribution in [0.15, 0.2) is 216 Å². The van der Waals surface area contributed by atoms with Crippen molar-refractivity contribution in [1.82, 2.24) is 15.2 Å². The third kappa shape index (κ3) is 5.63. The Balaban J connectivity index is 1.00. The number of hydrogen-bond donors (Lipinski definition) is 2. The Morgan fingerprint density at radius 2 is 1.05 bits per heavy atom. The second kappa shape index (κ2) is 14.0. The number of fused-ring (bicyclic) bond motifs is 8. The largest absolute Gasteiger partial charge is 0.455 e. The van der Waals surface area contributed by atoms with Gasteiger partial charge in [-0.05, 0) is 58.0 Å². The van der Waals surface area contributed by atoms with Crippen LogP contribution < -0.4 is 10.6 Å². The molecule has 2 unspecified atom stereocenters. The van der Waals surface area contributed by atoms with Gasteiger partial charge in [-0.2, -0.15) is 0 Å². The first-order valence-electron chi connectivity index (χ1n) is 20.5. The summed E-state index contributed by atoms with van der Waals surface area (Å²) in [6.07, 6.45) is -0.554. The molecule has 284 valence electrons. The summed E-state index contributed by atoms with van der Waals surface area (Å²) in [5, 5.41) is 14.6. The number of nitrogens with one attached hydrogen (secondary N) is 2. The minimum absolute atomic E-state index is 0.275. The first-order valence-corrected chi connectivity index (χ1v) is 20.5. The Labute approximate surface area is 346 Å². The van der Waals surface area contributed by atoms with E-state index in [0.29, 0.717) is 0 Å². The molecule has 0 radical (unpaired) electrons. The van der Waals surface area contributed by atoms with Gasteiger partial charge < -0.3 is 14.3 Å². The summed E-state index contributed by atoms with van der Waals surface area (Å²) in [6, 6.07) is 73.2. The van der Waals surface area contributed by atoms with Crippen LogP contribution >= 0.6 is 0 Å². The summed E-state index contributed by atoms with van der Waals surface area (Å²) in [6.45, 7) is 0. The molecule has 1 aliphatic rings. The van der Waals surface area contributed by atoms with Gasteiger partial charge in [0.2, 0.25) is 0 Å². The summed E-state index contributed by atoms with van der Waals surface area (Å²) in [4.78, 5) is 5.27. The predicted molar refractivity (Wildman–Crippen MR) is 248 cm³/mol. The van der Waals surface area contributed by atoms with Gasteiger partial charge in [-0.15, -0.1) is 0 Å². The van der Waals surface area contributed by atoms with E-state index in [1.54, 1.807) is 0 Å². The summed E-state index contributed by atoms with van der Waals surface area (Å²) in [7, 11) is 0. The van der Waals surface area contributed by atoms with Crippen molar-refractivity contribution in [2.75, 3.05) is 0 Å². The maximum absolute atomic E-state index is 7.09. The van der Waals surface area contributed by atoms with Gasteiger partial charge >= 0.3 is 0 Å². The van der Waals surface area contributed by atoms with Crippen LogP contribution in [0.3, 0.4) is 0 Å². The number of furan rings is 1. The molecule has 1 aliphatic heterocycles. The highest BCUT2D eigenvalue weighted by Gasteiger charge is 2.29. The van der Waals surface area contributed by atoms with E-state index in [1.807, 2.05) is 6.07 Å². The van der Waals surface area contributed by atoms with Gasteiger partial charge in [-0.1, -0.05) is 176 Å². The lowest BCUT2D eigenvalue weighted by Crippen LogP contribution is -2.45. The van der Waals surface area contributed by atoms with Gasteiger partial charge in [0.05, 0.1) is 11.0 Å². The SMILES string of the molecule is c1ccc(-c2ccc(C3=NC(c4ccccc4)NC(c4ccc(-c5ccc(-n6c7ccccc7c7ccccc76)cc5)c5oc6c7ccccc7ccc6c45)N3)cc2)cc1. The van der Waals surface area contributed by atoms with Gasteiger partial charge in [0.25, 0.3) is 0 Å². The first-order chi connectivity index (χ1) is 29.7. The summed E-state index contributed by atoms with van der Waals surface area (Å²) in [5.41, 5.74) is 13.0. The second-order valence-corrected chi connectivity index (χ2v) is 15.6. The van der Waals surface area contributed by atoms with Crippen molar-refractivity contribution in [1.29, 1.82) is 0 Å². The molecule has 9 aromatic carbocycles. The first kappa shape index (κ1) is 34.3. The smallest absolute Gasteiger partial charge is 0.143 e. The van der Waals surface area contributed by atoms with Crippen LogP contribution in [0.5, 0.6) is 0 Å². The number of amidine groups is 1. The van der Waals surface area contributed by atoms with Gasteiger partial charge in [0.1, 0.15) is 29.3 Å². The standard InChI is InChI=1S/C55H38N4O/c1-3-13-35(14-4-1)36-23-25-40(26-24-36)54-56-53(39-16-5-2-6-17-39)57-55(58-54)47-34-33-43(52-50(47)46-32-29-37-15-7-8-18-42(37)51(46)60-52)38-27-30-41(31-28-38)59-48-21-11-9-19-44(48)45-20-10-12-22-49(45)59/h1-34,53,55,57H,(H,56,58). The molecular formula is C55H38N4O. The molecule has 0 saturated carbocycles. The van der Waals surface area contributed by atoms with Crippen LogP contribution in [0.25, 0.3) is 82.5 Å². The fraction of sp³-hybridized carbons (Fsp3) is 0.0364. The van der Waals surface area contributed by atoms with Crippen molar-refractivity contribution < 1.29 is 4.42 Å². The van der Waals surface area contributed by atoms with E-state index in [9.17, 15) is 0 Å². The van der Waals surface area contributed by atoms with Gasteiger partial charge in [0, 0.05) is 49.3 Å². The molecule has 0 fully saturated rings. The minimum atomic E-state index is -0.280. The lowest BCUT2D eigenvalue weighted by molar-refractivity contribution is 0.411. The fourth-order valence-electron chi connectivity index (χ4n) is 9.21. The molecule has 11 aromatic rings. The molecule has 0 aliphatic carbocycles. The number of aromatic nitrogens is 1. The minimum Gasteiger partial charge on any atom is -0.455 e. The Hall–Kier alpha value is -7.73. The van der Waals surface area contributed by atoms with E-state index in [2.05, 4.69) is 215 Å². The third-order valence-electron chi connectivity index (χ3n) is 12.1. The number of benzene rings is 9. The van der Waals surface area contributed by atoms with Crippen molar-refractivity contribution in [3.8, 4) is 27.9 Å². The average Bonchev–Trinajstić information content (AvgIpc) is 3.89. The number of aliphatic imine (C=N–C) groups is 1. The zero-order valence-electron chi connectivity index (χ0n) is 32.6. The van der Waals surface area contributed by atoms with E-state index in [1.165, 1.54) is 32.9 Å². The quantitative estimate of drug-likeness (QED) is 0.177. The topological polar surface area (TPSA) is 54.5 Å². The molecule has 5 nitrogen and oxygen atoms in total. The average molecular weight is 771 g/mol. The monoisotopic (exact) mass is 770 g/mol. The Morgan fingerprint density at radius 3 is 1.78 bits per heavy atom. The van der Waals surface area contributed by atoms with Crippen molar-refractivity contribution in [2.45, 2.75) is 12.3 Å². The van der Waals surface area contributed by atoms with Crippen molar-refractivity contribution in [2.24, 2.45) is 4.99 Å².